The van der Waals surface area contributed by atoms with Crippen molar-refractivity contribution >= 4 is 27.9 Å². The molecule has 0 radical (unpaired) electrons. The molecule has 0 spiro atoms. The number of aliphatic hydroxyl groups is 1. The van der Waals surface area contributed by atoms with Crippen molar-refractivity contribution in [2.45, 2.75) is 56.6 Å². The van der Waals surface area contributed by atoms with Gasteiger partial charge in [-0.3, -0.25) is 4.79 Å². The Morgan fingerprint density at radius 1 is 1.31 bits per heavy atom. The number of hydrogen-bond donors (Lipinski definition) is 1. The second-order valence-corrected chi connectivity index (χ2v) is 9.32. The van der Waals surface area contributed by atoms with Gasteiger partial charge in [0.2, 0.25) is 12.2 Å². The second-order valence-electron chi connectivity index (χ2n) is 6.70. The quantitative estimate of drug-likeness (QED) is 0.369. The van der Waals surface area contributed by atoms with Crippen molar-refractivity contribution in [1.82, 2.24) is 4.90 Å². The fourth-order valence-corrected chi connectivity index (χ4v) is 5.47. The summed E-state index contributed by atoms with van der Waals surface area (Å²) in [5, 5.41) is 7.98. The third-order valence-electron chi connectivity index (χ3n) is 4.57. The predicted octanol–water partition coefficient (Wildman–Crippen LogP) is -0.209. The monoisotopic (exact) mass is 393 g/mol. The van der Waals surface area contributed by atoms with E-state index in [1.165, 1.54) is 20.8 Å². The number of fused-ring (bicyclic) bond motifs is 1. The van der Waals surface area contributed by atoms with Crippen LogP contribution in [0.3, 0.4) is 0 Å². The molecular weight excluding hydrogens is 370 g/mol. The number of esters is 1. The third kappa shape index (κ3) is 3.02. The molecule has 0 aromatic heterocycles. The second kappa shape index (κ2) is 7.03. The third-order valence-corrected chi connectivity index (χ3v) is 7.45. The van der Waals surface area contributed by atoms with Gasteiger partial charge < -0.3 is 24.2 Å². The molecule has 2 fully saturated rings. The minimum absolute atomic E-state index is 0.139. The normalized spacial score (nSPS) is 29.3. The van der Waals surface area contributed by atoms with Crippen LogP contribution in [0.1, 0.15) is 34.1 Å². The van der Waals surface area contributed by atoms with E-state index < -0.39 is 62.8 Å². The number of aliphatic hydroxyl groups excluding tert-OH is 1. The summed E-state index contributed by atoms with van der Waals surface area (Å²) in [5.41, 5.74) is 0. The van der Waals surface area contributed by atoms with E-state index in [0.717, 1.165) is 4.90 Å². The van der Waals surface area contributed by atoms with Crippen LogP contribution in [0.4, 0.5) is 4.79 Å². The predicted molar refractivity (Wildman–Crippen MR) is 86.3 cm³/mol. The first-order valence-corrected chi connectivity index (χ1v) is 9.75. The molecule has 10 nitrogen and oxygen atoms in total. The lowest BCUT2D eigenvalue weighted by Crippen LogP contribution is -2.64. The van der Waals surface area contributed by atoms with E-state index in [2.05, 4.69) is 0 Å². The van der Waals surface area contributed by atoms with Crippen molar-refractivity contribution in [3.63, 3.8) is 0 Å². The number of sulfone groups is 1. The van der Waals surface area contributed by atoms with Gasteiger partial charge in [-0.05, 0) is 20.3 Å². The van der Waals surface area contributed by atoms with E-state index >= 15 is 0 Å². The fourth-order valence-electron chi connectivity index (χ4n) is 3.16. The summed E-state index contributed by atoms with van der Waals surface area (Å²) in [6.45, 7) is 5.21. The Morgan fingerprint density at radius 2 is 1.92 bits per heavy atom. The van der Waals surface area contributed by atoms with Crippen molar-refractivity contribution < 1.29 is 42.1 Å². The molecule has 11 heteroatoms. The first-order valence-electron chi connectivity index (χ1n) is 8.21. The average molecular weight is 393 g/mol. The van der Waals surface area contributed by atoms with Crippen molar-refractivity contribution in [3.8, 4) is 0 Å². The number of nitrogens with zero attached hydrogens (tertiary/aromatic N) is 1. The van der Waals surface area contributed by atoms with Crippen molar-refractivity contribution in [3.05, 3.63) is 0 Å². The highest BCUT2D eigenvalue weighted by Crippen LogP contribution is 2.48. The van der Waals surface area contributed by atoms with Crippen molar-refractivity contribution in [1.29, 1.82) is 0 Å². The van der Waals surface area contributed by atoms with E-state index in [1.807, 2.05) is 0 Å². The summed E-state index contributed by atoms with van der Waals surface area (Å²) in [5.74, 6) is -2.74. The fraction of sp³-hybridized carbons (Fsp3) is 0.800. The van der Waals surface area contributed by atoms with Gasteiger partial charge in [-0.1, -0.05) is 6.92 Å². The largest absolute Gasteiger partial charge is 0.511 e. The molecule has 4 atom stereocenters. The zero-order valence-corrected chi connectivity index (χ0v) is 15.8. The molecule has 0 aliphatic carbocycles. The highest BCUT2D eigenvalue weighted by molar-refractivity contribution is 7.93. The summed E-state index contributed by atoms with van der Waals surface area (Å²) >= 11 is 0. The number of rotatable bonds is 6. The molecule has 0 bridgehead atoms. The van der Waals surface area contributed by atoms with Gasteiger partial charge >= 0.3 is 12.1 Å². The molecule has 1 amide bonds. The number of carbonyl (C=O) groups excluding carboxylic acids is 3. The molecule has 2 aliphatic heterocycles. The number of carbonyl (C=O) groups is 3. The van der Waals surface area contributed by atoms with Crippen molar-refractivity contribution in [2.75, 3.05) is 13.2 Å². The summed E-state index contributed by atoms with van der Waals surface area (Å²) < 4.78 is 38.2. The average Bonchev–Trinajstić information content (AvgIpc) is 2.67. The van der Waals surface area contributed by atoms with Gasteiger partial charge in [0.15, 0.2) is 9.84 Å². The van der Waals surface area contributed by atoms with Crippen LogP contribution in [0.2, 0.25) is 0 Å². The minimum atomic E-state index is -3.91. The number of hydrogen-bond acceptors (Lipinski definition) is 9. The Balaban J connectivity index is 2.13. The van der Waals surface area contributed by atoms with Crippen molar-refractivity contribution in [2.24, 2.45) is 5.92 Å². The van der Waals surface area contributed by atoms with Gasteiger partial charge in [0, 0.05) is 6.92 Å². The standard InChI is InChI=1S/C15H23NO9S/c1-5-6-23-14(20)25-8(2)24-13(19)10-15(3,4)26(21,22)12-9(7-17)11(18)16(10)12/h8-10,12,17H,5-7H2,1-4H3/t8?,9-,10+,12-/m1/s1. The molecule has 2 rings (SSSR count). The number of β-lactam (4-membered cyclic amide) rings is 1. The Morgan fingerprint density at radius 3 is 2.46 bits per heavy atom. The van der Waals surface area contributed by atoms with E-state index in [4.69, 9.17) is 14.2 Å². The highest BCUT2D eigenvalue weighted by atomic mass is 32.2. The molecule has 2 saturated heterocycles. The van der Waals surface area contributed by atoms with Crippen LogP contribution in [0.15, 0.2) is 0 Å². The molecular formula is C15H23NO9S. The van der Waals surface area contributed by atoms with E-state index in [1.54, 1.807) is 6.92 Å². The Hall–Kier alpha value is -1.88. The SMILES string of the molecule is CCCOC(=O)OC(C)OC(=O)[C@@H]1N2C(=O)[C@@H](CO)[C@H]2S(=O)(=O)C1(C)C. The zero-order valence-electron chi connectivity index (χ0n) is 15.0. The summed E-state index contributed by atoms with van der Waals surface area (Å²) in [4.78, 5) is 36.9. The van der Waals surface area contributed by atoms with Gasteiger partial charge in [0.1, 0.15) is 11.4 Å². The summed E-state index contributed by atoms with van der Waals surface area (Å²) in [6, 6.07) is -1.40. The maximum Gasteiger partial charge on any atom is 0.511 e. The van der Waals surface area contributed by atoms with Gasteiger partial charge in [-0.15, -0.1) is 0 Å². The van der Waals surface area contributed by atoms with Gasteiger partial charge in [-0.25, -0.2) is 18.0 Å². The number of ether oxygens (including phenoxy) is 3. The summed E-state index contributed by atoms with van der Waals surface area (Å²) in [7, 11) is -3.91. The van der Waals surface area contributed by atoms with Gasteiger partial charge in [-0.2, -0.15) is 0 Å². The molecule has 2 aliphatic rings. The molecule has 26 heavy (non-hydrogen) atoms. The van der Waals surface area contributed by atoms with Crippen LogP contribution in [-0.4, -0.2) is 72.1 Å². The summed E-state index contributed by atoms with van der Waals surface area (Å²) in [6.07, 6.45) is -1.76. The van der Waals surface area contributed by atoms with Crippen LogP contribution in [-0.2, 0) is 33.6 Å². The minimum Gasteiger partial charge on any atom is -0.434 e. The number of amides is 1. The molecule has 0 aromatic carbocycles. The molecule has 148 valence electrons. The van der Waals surface area contributed by atoms with E-state index in [0.29, 0.717) is 6.42 Å². The Labute approximate surface area is 151 Å². The molecule has 0 aromatic rings. The molecule has 1 N–H and O–H groups in total. The maximum absolute atomic E-state index is 12.7. The molecule has 1 unspecified atom stereocenters. The molecule has 2 heterocycles. The van der Waals surface area contributed by atoms with Crippen LogP contribution < -0.4 is 0 Å². The lowest BCUT2D eigenvalue weighted by atomic mass is 9.92. The van der Waals surface area contributed by atoms with Crippen LogP contribution in [0, 0.1) is 5.92 Å². The van der Waals surface area contributed by atoms with E-state index in [9.17, 15) is 27.9 Å². The lowest BCUT2D eigenvalue weighted by molar-refractivity contribution is -0.183. The topological polar surface area (TPSA) is 137 Å². The van der Waals surface area contributed by atoms with E-state index in [-0.39, 0.29) is 6.61 Å². The Bertz CT molecular complexity index is 702. The Kier molecular flexibility index (Phi) is 5.52. The first kappa shape index (κ1) is 20.4. The van der Waals surface area contributed by atoms with Crippen LogP contribution in [0.25, 0.3) is 0 Å². The van der Waals surface area contributed by atoms with Crippen LogP contribution in [0.5, 0.6) is 0 Å². The lowest BCUT2D eigenvalue weighted by Gasteiger charge is -2.42. The molecule has 0 saturated carbocycles. The zero-order chi connectivity index (χ0) is 19.9. The first-order chi connectivity index (χ1) is 12.0. The van der Waals surface area contributed by atoms with Crippen LogP contribution >= 0.6 is 0 Å². The van der Waals surface area contributed by atoms with Gasteiger partial charge in [0.05, 0.1) is 23.9 Å². The highest BCUT2D eigenvalue weighted by Gasteiger charge is 2.72. The maximum atomic E-state index is 12.7. The smallest absolute Gasteiger partial charge is 0.434 e. The van der Waals surface area contributed by atoms with Gasteiger partial charge in [0.25, 0.3) is 0 Å².